The first-order valence-corrected chi connectivity index (χ1v) is 5.33. The fourth-order valence-electron chi connectivity index (χ4n) is 1.64. The molecule has 1 aromatic heterocycles. The van der Waals surface area contributed by atoms with Crippen LogP contribution in [0.2, 0.25) is 0 Å². The molecule has 0 aliphatic heterocycles. The number of aromatic nitrogens is 1. The van der Waals surface area contributed by atoms with Crippen molar-refractivity contribution in [1.29, 1.82) is 0 Å². The molecule has 0 unspecified atom stereocenters. The monoisotopic (exact) mass is 214 g/mol. The number of rotatable bonds is 2. The first kappa shape index (κ1) is 10.6. The van der Waals surface area contributed by atoms with Gasteiger partial charge in [-0.2, -0.15) is 0 Å². The summed E-state index contributed by atoms with van der Waals surface area (Å²) >= 11 is 0. The Kier molecular flexibility index (Phi) is 2.86. The highest BCUT2D eigenvalue weighted by Crippen LogP contribution is 2.16. The molecule has 0 bridgehead atoms. The largest absolute Gasteiger partial charge is 0.350 e. The Morgan fingerprint density at radius 2 is 2.06 bits per heavy atom. The van der Waals surface area contributed by atoms with Crippen molar-refractivity contribution in [2.24, 2.45) is 0 Å². The summed E-state index contributed by atoms with van der Waals surface area (Å²) in [6.45, 7) is 3.89. The molecule has 1 amide bonds. The molecule has 0 aliphatic rings. The molecule has 1 aromatic carbocycles. The van der Waals surface area contributed by atoms with Gasteiger partial charge in [-0.25, -0.2) is 0 Å². The molecule has 0 fully saturated rings. The number of fused-ring (bicyclic) bond motifs is 1. The molecule has 0 saturated heterocycles. The molecule has 0 spiro atoms. The number of benzene rings is 1. The normalized spacial score (nSPS) is 10.7. The predicted molar refractivity (Wildman–Crippen MR) is 64.3 cm³/mol. The van der Waals surface area contributed by atoms with Crippen molar-refractivity contribution >= 4 is 16.8 Å². The van der Waals surface area contributed by atoms with Crippen molar-refractivity contribution in [2.75, 3.05) is 0 Å². The Balaban J connectivity index is 2.48. The predicted octanol–water partition coefficient (Wildman–Crippen LogP) is 2.37. The molecule has 0 saturated carbocycles. The summed E-state index contributed by atoms with van der Waals surface area (Å²) < 4.78 is 0. The van der Waals surface area contributed by atoms with E-state index in [2.05, 4.69) is 10.3 Å². The van der Waals surface area contributed by atoms with E-state index in [9.17, 15) is 4.79 Å². The molecule has 3 nitrogen and oxygen atoms in total. The maximum Gasteiger partial charge on any atom is 0.252 e. The summed E-state index contributed by atoms with van der Waals surface area (Å²) in [4.78, 5) is 16.2. The van der Waals surface area contributed by atoms with Crippen LogP contribution in [0.5, 0.6) is 0 Å². The summed E-state index contributed by atoms with van der Waals surface area (Å²) in [5.41, 5.74) is 1.53. The highest BCUT2D eigenvalue weighted by atomic mass is 16.1. The number of nitrogens with one attached hydrogen (secondary N) is 1. The van der Waals surface area contributed by atoms with Crippen molar-refractivity contribution in [3.8, 4) is 0 Å². The van der Waals surface area contributed by atoms with Crippen molar-refractivity contribution < 1.29 is 4.79 Å². The maximum atomic E-state index is 11.9. The zero-order valence-electron chi connectivity index (χ0n) is 9.40. The Hall–Kier alpha value is -1.90. The van der Waals surface area contributed by atoms with E-state index < -0.39 is 0 Å². The number of pyridine rings is 1. The lowest BCUT2D eigenvalue weighted by Gasteiger charge is -2.09. The van der Waals surface area contributed by atoms with Crippen molar-refractivity contribution in [1.82, 2.24) is 10.3 Å². The number of hydrogen-bond acceptors (Lipinski definition) is 2. The summed E-state index contributed by atoms with van der Waals surface area (Å²) in [5.74, 6) is -0.0476. The zero-order valence-corrected chi connectivity index (χ0v) is 9.40. The average molecular weight is 214 g/mol. The molecule has 1 heterocycles. The standard InChI is InChI=1S/C13H14N2O/c1-9(2)15-13(16)11-5-3-7-12-10(11)6-4-8-14-12/h3-9H,1-2H3,(H,15,16). The van der Waals surface area contributed by atoms with Gasteiger partial charge in [-0.15, -0.1) is 0 Å². The lowest BCUT2D eigenvalue weighted by Crippen LogP contribution is -2.30. The van der Waals surface area contributed by atoms with Gasteiger partial charge < -0.3 is 5.32 Å². The van der Waals surface area contributed by atoms with E-state index in [1.807, 2.05) is 44.2 Å². The Morgan fingerprint density at radius 3 is 2.81 bits per heavy atom. The Morgan fingerprint density at radius 1 is 1.25 bits per heavy atom. The minimum atomic E-state index is -0.0476. The fraction of sp³-hybridized carbons (Fsp3) is 0.231. The third-order valence-corrected chi connectivity index (χ3v) is 2.31. The third-order valence-electron chi connectivity index (χ3n) is 2.31. The molecular weight excluding hydrogens is 200 g/mol. The maximum absolute atomic E-state index is 11.9. The van der Waals surface area contributed by atoms with Crippen molar-refractivity contribution in [3.63, 3.8) is 0 Å². The van der Waals surface area contributed by atoms with E-state index in [0.717, 1.165) is 10.9 Å². The van der Waals surface area contributed by atoms with E-state index in [4.69, 9.17) is 0 Å². The summed E-state index contributed by atoms with van der Waals surface area (Å²) in [7, 11) is 0. The molecule has 0 radical (unpaired) electrons. The van der Waals surface area contributed by atoms with Gasteiger partial charge in [-0.1, -0.05) is 12.1 Å². The van der Waals surface area contributed by atoms with E-state index in [0.29, 0.717) is 5.56 Å². The van der Waals surface area contributed by atoms with E-state index in [1.165, 1.54) is 0 Å². The fourth-order valence-corrected chi connectivity index (χ4v) is 1.64. The van der Waals surface area contributed by atoms with Gasteiger partial charge in [0.05, 0.1) is 5.52 Å². The topological polar surface area (TPSA) is 42.0 Å². The highest BCUT2D eigenvalue weighted by Gasteiger charge is 2.10. The SMILES string of the molecule is CC(C)NC(=O)c1cccc2ncccc12. The molecule has 2 aromatic rings. The molecule has 2 rings (SSSR count). The second-order valence-corrected chi connectivity index (χ2v) is 4.00. The Bertz CT molecular complexity index is 515. The third kappa shape index (κ3) is 2.03. The second kappa shape index (κ2) is 4.31. The smallest absolute Gasteiger partial charge is 0.252 e. The number of nitrogens with zero attached hydrogens (tertiary/aromatic N) is 1. The average Bonchev–Trinajstić information content (AvgIpc) is 2.27. The van der Waals surface area contributed by atoms with Crippen LogP contribution < -0.4 is 5.32 Å². The molecule has 3 heteroatoms. The highest BCUT2D eigenvalue weighted by molar-refractivity contribution is 6.06. The van der Waals surface area contributed by atoms with Crippen LogP contribution >= 0.6 is 0 Å². The van der Waals surface area contributed by atoms with Crippen LogP contribution in [0.15, 0.2) is 36.5 Å². The molecule has 1 N–H and O–H groups in total. The Labute approximate surface area is 94.5 Å². The summed E-state index contributed by atoms with van der Waals surface area (Å²) in [6.07, 6.45) is 1.73. The van der Waals surface area contributed by atoms with Gasteiger partial charge in [0.1, 0.15) is 0 Å². The second-order valence-electron chi connectivity index (χ2n) is 4.00. The minimum Gasteiger partial charge on any atom is -0.350 e. The van der Waals surface area contributed by atoms with E-state index in [1.54, 1.807) is 6.20 Å². The first-order valence-electron chi connectivity index (χ1n) is 5.33. The quantitative estimate of drug-likeness (QED) is 0.833. The van der Waals surface area contributed by atoms with Crippen LogP contribution in [-0.2, 0) is 0 Å². The van der Waals surface area contributed by atoms with E-state index in [-0.39, 0.29) is 11.9 Å². The van der Waals surface area contributed by atoms with Gasteiger partial charge in [-0.05, 0) is 32.0 Å². The lowest BCUT2D eigenvalue weighted by molar-refractivity contribution is 0.0945. The van der Waals surface area contributed by atoms with Crippen molar-refractivity contribution in [2.45, 2.75) is 19.9 Å². The van der Waals surface area contributed by atoms with Gasteiger partial charge in [0.2, 0.25) is 0 Å². The first-order chi connectivity index (χ1) is 7.68. The number of carbonyl (C=O) groups excluding carboxylic acids is 1. The summed E-state index contributed by atoms with van der Waals surface area (Å²) in [6, 6.07) is 9.47. The van der Waals surface area contributed by atoms with Gasteiger partial charge in [0.25, 0.3) is 5.91 Å². The molecule has 82 valence electrons. The number of hydrogen-bond donors (Lipinski definition) is 1. The number of amides is 1. The summed E-state index contributed by atoms with van der Waals surface area (Å²) in [5, 5.41) is 3.78. The molecule has 0 aliphatic carbocycles. The van der Waals surface area contributed by atoms with Gasteiger partial charge in [-0.3, -0.25) is 9.78 Å². The van der Waals surface area contributed by atoms with Crippen LogP contribution in [0.25, 0.3) is 10.9 Å². The van der Waals surface area contributed by atoms with Crippen LogP contribution in [0.1, 0.15) is 24.2 Å². The van der Waals surface area contributed by atoms with Gasteiger partial charge in [0.15, 0.2) is 0 Å². The van der Waals surface area contributed by atoms with Crippen LogP contribution in [0, 0.1) is 0 Å². The van der Waals surface area contributed by atoms with Crippen LogP contribution in [-0.4, -0.2) is 16.9 Å². The van der Waals surface area contributed by atoms with Crippen LogP contribution in [0.3, 0.4) is 0 Å². The molecular formula is C13H14N2O. The van der Waals surface area contributed by atoms with Gasteiger partial charge >= 0.3 is 0 Å². The molecule has 16 heavy (non-hydrogen) atoms. The van der Waals surface area contributed by atoms with E-state index >= 15 is 0 Å². The van der Waals surface area contributed by atoms with Crippen LogP contribution in [0.4, 0.5) is 0 Å². The van der Waals surface area contributed by atoms with Crippen molar-refractivity contribution in [3.05, 3.63) is 42.1 Å². The lowest BCUT2D eigenvalue weighted by atomic mass is 10.1. The minimum absolute atomic E-state index is 0.0476. The molecule has 0 atom stereocenters. The number of carbonyl (C=O) groups is 1. The van der Waals surface area contributed by atoms with Gasteiger partial charge in [0, 0.05) is 23.2 Å². The zero-order chi connectivity index (χ0) is 11.5.